The van der Waals surface area contributed by atoms with Gasteiger partial charge in [-0.15, -0.1) is 11.3 Å². The van der Waals surface area contributed by atoms with Gasteiger partial charge in [0.2, 0.25) is 0 Å². The van der Waals surface area contributed by atoms with Crippen molar-refractivity contribution in [2.24, 2.45) is 0 Å². The average molecular weight is 154 g/mol. The molecular weight excluding hydrogens is 144 g/mol. The quantitative estimate of drug-likeness (QED) is 0.559. The van der Waals surface area contributed by atoms with Gasteiger partial charge in [0.05, 0.1) is 0 Å². The molecule has 0 aliphatic heterocycles. The van der Waals surface area contributed by atoms with E-state index in [0.717, 1.165) is 15.3 Å². The summed E-state index contributed by atoms with van der Waals surface area (Å²) in [4.78, 5) is 13.3. The van der Waals surface area contributed by atoms with E-state index in [0.29, 0.717) is 0 Å². The van der Waals surface area contributed by atoms with Crippen molar-refractivity contribution in [3.8, 4) is 0 Å². The third-order valence-corrected chi connectivity index (χ3v) is 2.60. The van der Waals surface area contributed by atoms with Gasteiger partial charge in [-0.05, 0) is 26.8 Å². The SMILES string of the molecule is Cc1cc(=O)c(C)c(C)s1. The van der Waals surface area contributed by atoms with Crippen molar-refractivity contribution >= 4 is 11.3 Å². The van der Waals surface area contributed by atoms with E-state index in [9.17, 15) is 4.79 Å². The van der Waals surface area contributed by atoms with E-state index < -0.39 is 0 Å². The molecule has 1 nitrogen and oxygen atoms in total. The maximum absolute atomic E-state index is 11.1. The second kappa shape index (κ2) is 2.54. The summed E-state index contributed by atoms with van der Waals surface area (Å²) in [6.07, 6.45) is 0. The maximum atomic E-state index is 11.1. The Hall–Kier alpha value is -0.630. The van der Waals surface area contributed by atoms with Crippen molar-refractivity contribution in [3.63, 3.8) is 0 Å². The highest BCUT2D eigenvalue weighted by Gasteiger charge is 1.97. The molecule has 1 aromatic heterocycles. The summed E-state index contributed by atoms with van der Waals surface area (Å²) in [6, 6.07) is 1.69. The number of hydrogen-bond acceptors (Lipinski definition) is 2. The van der Waals surface area contributed by atoms with Crippen molar-refractivity contribution < 1.29 is 0 Å². The molecule has 0 amide bonds. The Morgan fingerprint density at radius 1 is 1.30 bits per heavy atom. The van der Waals surface area contributed by atoms with Crippen LogP contribution in [-0.4, -0.2) is 0 Å². The first-order valence-electron chi connectivity index (χ1n) is 3.19. The Labute approximate surface area is 64.3 Å². The van der Waals surface area contributed by atoms with E-state index in [4.69, 9.17) is 0 Å². The molecule has 0 saturated heterocycles. The van der Waals surface area contributed by atoms with Crippen molar-refractivity contribution in [2.75, 3.05) is 0 Å². The lowest BCUT2D eigenvalue weighted by molar-refractivity contribution is 1.34. The number of hydrogen-bond donors (Lipinski definition) is 0. The zero-order valence-electron chi connectivity index (χ0n) is 6.39. The monoisotopic (exact) mass is 154 g/mol. The largest absolute Gasteiger partial charge is 0.290 e. The van der Waals surface area contributed by atoms with Gasteiger partial charge in [0.15, 0.2) is 5.43 Å². The topological polar surface area (TPSA) is 17.1 Å². The van der Waals surface area contributed by atoms with Crippen LogP contribution in [0.25, 0.3) is 0 Å². The molecule has 0 fully saturated rings. The Morgan fingerprint density at radius 3 is 2.40 bits per heavy atom. The standard InChI is InChI=1S/C8H10OS/c1-5-4-8(9)6(2)7(3)10-5/h4H,1-3H3. The fraction of sp³-hybridized carbons (Fsp3) is 0.375. The lowest BCUT2D eigenvalue weighted by Gasteiger charge is -1.96. The van der Waals surface area contributed by atoms with E-state index in [-0.39, 0.29) is 5.43 Å². The van der Waals surface area contributed by atoms with Crippen LogP contribution < -0.4 is 5.43 Å². The summed E-state index contributed by atoms with van der Waals surface area (Å²) < 4.78 is 0. The fourth-order valence-electron chi connectivity index (χ4n) is 0.814. The summed E-state index contributed by atoms with van der Waals surface area (Å²) in [5, 5.41) is 0. The molecule has 0 saturated carbocycles. The highest BCUT2D eigenvalue weighted by Crippen LogP contribution is 2.11. The van der Waals surface area contributed by atoms with E-state index in [1.165, 1.54) is 0 Å². The molecule has 0 aliphatic rings. The van der Waals surface area contributed by atoms with E-state index >= 15 is 0 Å². The zero-order chi connectivity index (χ0) is 7.72. The molecule has 1 heterocycles. The van der Waals surface area contributed by atoms with Crippen LogP contribution in [0.15, 0.2) is 10.9 Å². The van der Waals surface area contributed by atoms with Crippen LogP contribution in [0, 0.1) is 20.8 Å². The molecule has 54 valence electrons. The second-order valence-electron chi connectivity index (χ2n) is 2.40. The highest BCUT2D eigenvalue weighted by molar-refractivity contribution is 7.11. The van der Waals surface area contributed by atoms with Crippen molar-refractivity contribution in [2.45, 2.75) is 20.8 Å². The first kappa shape index (κ1) is 7.48. The maximum Gasteiger partial charge on any atom is 0.183 e. The van der Waals surface area contributed by atoms with Crippen LogP contribution in [0.2, 0.25) is 0 Å². The molecule has 0 aromatic carbocycles. The molecule has 0 bridgehead atoms. The van der Waals surface area contributed by atoms with Crippen LogP contribution in [-0.2, 0) is 0 Å². The third-order valence-electron chi connectivity index (χ3n) is 1.55. The predicted octanol–water partition coefficient (Wildman–Crippen LogP) is 2.03. The molecule has 10 heavy (non-hydrogen) atoms. The van der Waals surface area contributed by atoms with Gasteiger partial charge in [-0.3, -0.25) is 4.79 Å². The first-order valence-corrected chi connectivity index (χ1v) is 4.01. The van der Waals surface area contributed by atoms with Crippen LogP contribution in [0.5, 0.6) is 0 Å². The number of aryl methyl sites for hydroxylation is 2. The Balaban J connectivity index is 3.46. The average Bonchev–Trinajstić information content (AvgIpc) is 1.82. The minimum absolute atomic E-state index is 0.161. The molecular formula is C8H10OS. The minimum Gasteiger partial charge on any atom is -0.290 e. The summed E-state index contributed by atoms with van der Waals surface area (Å²) in [7, 11) is 0. The van der Waals surface area contributed by atoms with E-state index in [1.807, 2.05) is 20.8 Å². The molecule has 1 rings (SSSR count). The lowest BCUT2D eigenvalue weighted by atomic mass is 10.3. The van der Waals surface area contributed by atoms with Gasteiger partial charge in [0.1, 0.15) is 0 Å². The molecule has 0 spiro atoms. The molecule has 0 aliphatic carbocycles. The Morgan fingerprint density at radius 2 is 1.90 bits per heavy atom. The predicted molar refractivity (Wildman–Crippen MR) is 44.8 cm³/mol. The zero-order valence-corrected chi connectivity index (χ0v) is 7.21. The van der Waals surface area contributed by atoms with Crippen molar-refractivity contribution in [3.05, 3.63) is 31.6 Å². The van der Waals surface area contributed by atoms with Gasteiger partial charge in [-0.1, -0.05) is 0 Å². The smallest absolute Gasteiger partial charge is 0.183 e. The van der Waals surface area contributed by atoms with Crippen LogP contribution in [0.1, 0.15) is 15.3 Å². The van der Waals surface area contributed by atoms with Crippen molar-refractivity contribution in [1.82, 2.24) is 0 Å². The summed E-state index contributed by atoms with van der Waals surface area (Å²) in [5.74, 6) is 0. The van der Waals surface area contributed by atoms with E-state index in [1.54, 1.807) is 17.4 Å². The summed E-state index contributed by atoms with van der Waals surface area (Å²) in [6.45, 7) is 5.81. The summed E-state index contributed by atoms with van der Waals surface area (Å²) >= 11 is 1.67. The molecule has 0 radical (unpaired) electrons. The first-order chi connectivity index (χ1) is 4.61. The molecule has 0 N–H and O–H groups in total. The highest BCUT2D eigenvalue weighted by atomic mass is 32.1. The molecule has 1 aromatic rings. The van der Waals surface area contributed by atoms with E-state index in [2.05, 4.69) is 0 Å². The Bertz CT molecular complexity index is 299. The minimum atomic E-state index is 0.161. The van der Waals surface area contributed by atoms with Crippen LogP contribution in [0.4, 0.5) is 0 Å². The normalized spacial score (nSPS) is 9.90. The van der Waals surface area contributed by atoms with Crippen molar-refractivity contribution in [1.29, 1.82) is 0 Å². The van der Waals surface area contributed by atoms with Gasteiger partial charge in [-0.25, -0.2) is 0 Å². The van der Waals surface area contributed by atoms with Gasteiger partial charge < -0.3 is 0 Å². The lowest BCUT2D eigenvalue weighted by Crippen LogP contribution is -2.03. The molecule has 0 atom stereocenters. The van der Waals surface area contributed by atoms with Crippen LogP contribution >= 0.6 is 11.3 Å². The fourth-order valence-corrected chi connectivity index (χ4v) is 1.72. The van der Waals surface area contributed by atoms with Gasteiger partial charge in [-0.2, -0.15) is 0 Å². The summed E-state index contributed by atoms with van der Waals surface area (Å²) in [5.41, 5.74) is 1.05. The molecule has 0 unspecified atom stereocenters. The third kappa shape index (κ3) is 1.27. The second-order valence-corrected chi connectivity index (χ2v) is 3.86. The number of rotatable bonds is 0. The van der Waals surface area contributed by atoms with Crippen LogP contribution in [0.3, 0.4) is 0 Å². The van der Waals surface area contributed by atoms with Gasteiger partial charge in [0.25, 0.3) is 0 Å². The van der Waals surface area contributed by atoms with Gasteiger partial charge in [0, 0.05) is 15.3 Å². The Kier molecular flexibility index (Phi) is 1.90. The molecule has 2 heteroatoms. The van der Waals surface area contributed by atoms with Gasteiger partial charge >= 0.3 is 0 Å².